The molecule has 0 fully saturated rings. The Hall–Kier alpha value is -1.75. The van der Waals surface area contributed by atoms with Crippen LogP contribution in [0.1, 0.15) is 26.3 Å². The third-order valence-electron chi connectivity index (χ3n) is 4.02. The van der Waals surface area contributed by atoms with Gasteiger partial charge in [0.05, 0.1) is 5.41 Å². The van der Waals surface area contributed by atoms with Gasteiger partial charge in [-0.2, -0.15) is 4.58 Å². The van der Waals surface area contributed by atoms with Crippen molar-refractivity contribution in [2.45, 2.75) is 26.2 Å². The van der Waals surface area contributed by atoms with Crippen LogP contribution in [0, 0.1) is 12.3 Å². The average Bonchev–Trinajstić information content (AvgIpc) is 2.51. The van der Waals surface area contributed by atoms with E-state index in [4.69, 9.17) is 6.42 Å². The van der Waals surface area contributed by atoms with Crippen molar-refractivity contribution in [3.8, 4) is 12.3 Å². The van der Waals surface area contributed by atoms with Gasteiger partial charge in [0.1, 0.15) is 0 Å². The standard InChI is InChI=1S/C16H21N2/c1-7-10-18-12(2)16(3,4)14-11-13(17(5)6)8-9-15(14)18/h1,8-9,11H,10H2,2-6H3/q+1. The largest absolute Gasteiger partial charge is 0.378 e. The van der Waals surface area contributed by atoms with Gasteiger partial charge in [0, 0.05) is 38.3 Å². The highest BCUT2D eigenvalue weighted by molar-refractivity contribution is 5.93. The lowest BCUT2D eigenvalue weighted by Gasteiger charge is -2.18. The van der Waals surface area contributed by atoms with Crippen LogP contribution >= 0.6 is 0 Å². The van der Waals surface area contributed by atoms with Crippen molar-refractivity contribution in [1.82, 2.24) is 0 Å². The number of rotatable bonds is 2. The van der Waals surface area contributed by atoms with Crippen LogP contribution in [0.4, 0.5) is 11.4 Å². The van der Waals surface area contributed by atoms with E-state index in [-0.39, 0.29) is 5.41 Å². The summed E-state index contributed by atoms with van der Waals surface area (Å²) < 4.78 is 2.24. The van der Waals surface area contributed by atoms with Crippen molar-refractivity contribution >= 4 is 17.1 Å². The van der Waals surface area contributed by atoms with Gasteiger partial charge in [0.2, 0.25) is 12.2 Å². The van der Waals surface area contributed by atoms with E-state index in [1.807, 2.05) is 0 Å². The average molecular weight is 241 g/mol. The summed E-state index contributed by atoms with van der Waals surface area (Å²) in [5, 5.41) is 0. The molecule has 0 unspecified atom stereocenters. The molecule has 1 aromatic rings. The van der Waals surface area contributed by atoms with E-state index in [0.717, 1.165) is 0 Å². The summed E-state index contributed by atoms with van der Waals surface area (Å²) in [5.41, 5.74) is 5.23. The van der Waals surface area contributed by atoms with Crippen molar-refractivity contribution < 1.29 is 4.58 Å². The molecular formula is C16H21N2+. The number of hydrogen-bond donors (Lipinski definition) is 0. The molecule has 1 aromatic carbocycles. The number of nitrogens with zero attached hydrogens (tertiary/aromatic N) is 2. The smallest absolute Gasteiger partial charge is 0.210 e. The van der Waals surface area contributed by atoms with Gasteiger partial charge in [0.25, 0.3) is 0 Å². The first-order valence-electron chi connectivity index (χ1n) is 6.26. The van der Waals surface area contributed by atoms with Gasteiger partial charge in [-0.05, 0) is 31.9 Å². The lowest BCUT2D eigenvalue weighted by molar-refractivity contribution is -0.424. The zero-order chi connectivity index (χ0) is 13.5. The molecule has 2 rings (SSSR count). The van der Waals surface area contributed by atoms with Crippen molar-refractivity contribution in [3.63, 3.8) is 0 Å². The Balaban J connectivity index is 2.62. The lowest BCUT2D eigenvalue weighted by Crippen LogP contribution is -2.26. The summed E-state index contributed by atoms with van der Waals surface area (Å²) in [6.45, 7) is 7.34. The molecule has 0 radical (unpaired) electrons. The molecule has 1 aliphatic rings. The Morgan fingerprint density at radius 1 is 1.33 bits per heavy atom. The van der Waals surface area contributed by atoms with Gasteiger partial charge >= 0.3 is 0 Å². The van der Waals surface area contributed by atoms with Crippen molar-refractivity contribution in [1.29, 1.82) is 0 Å². The zero-order valence-corrected chi connectivity index (χ0v) is 11.9. The van der Waals surface area contributed by atoms with Gasteiger partial charge in [-0.1, -0.05) is 0 Å². The Labute approximate surface area is 110 Å². The van der Waals surface area contributed by atoms with Crippen LogP contribution in [-0.2, 0) is 5.41 Å². The van der Waals surface area contributed by atoms with Crippen molar-refractivity contribution in [2.75, 3.05) is 25.5 Å². The van der Waals surface area contributed by atoms with E-state index >= 15 is 0 Å². The van der Waals surface area contributed by atoms with E-state index in [1.165, 1.54) is 22.6 Å². The molecule has 2 nitrogen and oxygen atoms in total. The summed E-state index contributed by atoms with van der Waals surface area (Å²) >= 11 is 0. The van der Waals surface area contributed by atoms with E-state index in [2.05, 4.69) is 68.5 Å². The van der Waals surface area contributed by atoms with Gasteiger partial charge in [-0.3, -0.25) is 0 Å². The Morgan fingerprint density at radius 2 is 2.00 bits per heavy atom. The van der Waals surface area contributed by atoms with Crippen LogP contribution in [0.25, 0.3) is 0 Å². The van der Waals surface area contributed by atoms with Crippen LogP contribution in [0.5, 0.6) is 0 Å². The topological polar surface area (TPSA) is 6.25 Å². The summed E-state index contributed by atoms with van der Waals surface area (Å²) in [7, 11) is 4.14. The maximum absolute atomic E-state index is 5.48. The summed E-state index contributed by atoms with van der Waals surface area (Å²) in [4.78, 5) is 2.13. The van der Waals surface area contributed by atoms with E-state index in [1.54, 1.807) is 0 Å². The second-order valence-corrected chi connectivity index (χ2v) is 5.60. The van der Waals surface area contributed by atoms with Crippen molar-refractivity contribution in [2.24, 2.45) is 0 Å². The summed E-state index contributed by atoms with van der Waals surface area (Å²) in [6, 6.07) is 6.60. The second-order valence-electron chi connectivity index (χ2n) is 5.60. The van der Waals surface area contributed by atoms with Crippen LogP contribution in [0.15, 0.2) is 18.2 Å². The molecule has 0 saturated heterocycles. The number of hydrogen-bond acceptors (Lipinski definition) is 1. The highest BCUT2D eigenvalue weighted by atomic mass is 15.1. The predicted octanol–water partition coefficient (Wildman–Crippen LogP) is 2.78. The molecular weight excluding hydrogens is 220 g/mol. The molecule has 0 amide bonds. The first kappa shape index (κ1) is 12.7. The Bertz CT molecular complexity index is 557. The van der Waals surface area contributed by atoms with Crippen LogP contribution in [0.3, 0.4) is 0 Å². The molecule has 1 aliphatic heterocycles. The quantitative estimate of drug-likeness (QED) is 0.570. The minimum atomic E-state index is 0.0538. The van der Waals surface area contributed by atoms with Crippen LogP contribution < -0.4 is 4.90 Å². The maximum Gasteiger partial charge on any atom is 0.210 e. The molecule has 0 N–H and O–H groups in total. The third kappa shape index (κ3) is 1.71. The van der Waals surface area contributed by atoms with Crippen molar-refractivity contribution in [3.05, 3.63) is 23.8 Å². The molecule has 1 heterocycles. The van der Waals surface area contributed by atoms with Crippen LogP contribution in [-0.4, -0.2) is 30.9 Å². The fraction of sp³-hybridized carbons (Fsp3) is 0.438. The molecule has 0 atom stereocenters. The maximum atomic E-state index is 5.48. The first-order valence-corrected chi connectivity index (χ1v) is 6.26. The molecule has 0 spiro atoms. The predicted molar refractivity (Wildman–Crippen MR) is 78.1 cm³/mol. The molecule has 0 bridgehead atoms. The molecule has 94 valence electrons. The van der Waals surface area contributed by atoms with Gasteiger partial charge in [0.15, 0.2) is 5.71 Å². The fourth-order valence-corrected chi connectivity index (χ4v) is 2.55. The van der Waals surface area contributed by atoms with E-state index < -0.39 is 0 Å². The number of terminal acetylenes is 1. The number of fused-ring (bicyclic) bond motifs is 1. The minimum Gasteiger partial charge on any atom is -0.378 e. The normalized spacial score (nSPS) is 16.4. The van der Waals surface area contributed by atoms with E-state index in [9.17, 15) is 0 Å². The lowest BCUT2D eigenvalue weighted by atomic mass is 9.82. The monoisotopic (exact) mass is 241 g/mol. The van der Waals surface area contributed by atoms with Gasteiger partial charge in [-0.25, -0.2) is 0 Å². The minimum absolute atomic E-state index is 0.0538. The fourth-order valence-electron chi connectivity index (χ4n) is 2.55. The first-order chi connectivity index (χ1) is 8.39. The Morgan fingerprint density at radius 3 is 2.56 bits per heavy atom. The molecule has 0 aromatic heterocycles. The van der Waals surface area contributed by atoms with Crippen LogP contribution in [0.2, 0.25) is 0 Å². The summed E-state index contributed by atoms with van der Waals surface area (Å²) in [6.07, 6.45) is 5.48. The number of benzene rings is 1. The third-order valence-corrected chi connectivity index (χ3v) is 4.02. The second kappa shape index (κ2) is 4.17. The SMILES string of the molecule is C#CC[N+]1=C(C)C(C)(C)c2cc(N(C)C)ccc21. The highest BCUT2D eigenvalue weighted by Crippen LogP contribution is 2.40. The number of anilines is 1. The van der Waals surface area contributed by atoms with Gasteiger partial charge in [-0.15, -0.1) is 6.42 Å². The van der Waals surface area contributed by atoms with E-state index in [0.29, 0.717) is 6.54 Å². The molecule has 18 heavy (non-hydrogen) atoms. The zero-order valence-electron chi connectivity index (χ0n) is 11.9. The molecule has 0 saturated carbocycles. The van der Waals surface area contributed by atoms with Gasteiger partial charge < -0.3 is 4.90 Å². The summed E-state index contributed by atoms with van der Waals surface area (Å²) in [5.74, 6) is 2.75. The highest BCUT2D eigenvalue weighted by Gasteiger charge is 2.42. The Kier molecular flexibility index (Phi) is 2.94. The molecule has 0 aliphatic carbocycles. The molecule has 2 heteroatoms.